The summed E-state index contributed by atoms with van der Waals surface area (Å²) in [4.78, 5) is 30.3. The van der Waals surface area contributed by atoms with E-state index in [2.05, 4.69) is 10.3 Å². The van der Waals surface area contributed by atoms with Gasteiger partial charge in [0.2, 0.25) is 0 Å². The molecule has 1 N–H and O–H groups in total. The number of carbonyl (C=O) groups is 1. The zero-order chi connectivity index (χ0) is 22.5. The van der Waals surface area contributed by atoms with Crippen LogP contribution in [-0.2, 0) is 4.79 Å². The van der Waals surface area contributed by atoms with Gasteiger partial charge in [0.25, 0.3) is 11.5 Å². The molecule has 2 aromatic heterocycles. The van der Waals surface area contributed by atoms with Gasteiger partial charge in [-0.2, -0.15) is 5.26 Å². The summed E-state index contributed by atoms with van der Waals surface area (Å²) in [6, 6.07) is 21.0. The van der Waals surface area contributed by atoms with Crippen LogP contribution in [0.2, 0.25) is 5.02 Å². The van der Waals surface area contributed by atoms with Crippen molar-refractivity contribution in [3.63, 3.8) is 0 Å². The molecule has 0 spiro atoms. The molecule has 0 unspecified atom stereocenters. The van der Waals surface area contributed by atoms with E-state index in [0.717, 1.165) is 16.9 Å². The smallest absolute Gasteiger partial charge is 0.273 e. The number of halogens is 1. The van der Waals surface area contributed by atoms with Crippen molar-refractivity contribution in [3.8, 4) is 11.8 Å². The predicted molar refractivity (Wildman–Crippen MR) is 126 cm³/mol. The molecule has 0 radical (unpaired) electrons. The van der Waals surface area contributed by atoms with Gasteiger partial charge < -0.3 is 5.32 Å². The summed E-state index contributed by atoms with van der Waals surface area (Å²) in [7, 11) is 0. The Morgan fingerprint density at radius 3 is 2.50 bits per heavy atom. The van der Waals surface area contributed by atoms with Gasteiger partial charge in [-0.1, -0.05) is 35.9 Å². The Hall–Kier alpha value is -3.99. The normalized spacial score (nSPS) is 12.2. The lowest BCUT2D eigenvalue weighted by Crippen LogP contribution is -2.32. The number of nitrogens with zero attached hydrogens (tertiary/aromatic N) is 3. The highest BCUT2D eigenvalue weighted by Gasteiger charge is 2.17. The monoisotopic (exact) mass is 458 g/mol. The number of benzene rings is 2. The molecule has 2 aromatic carbocycles. The van der Waals surface area contributed by atoms with Crippen LogP contribution in [0.3, 0.4) is 0 Å². The van der Waals surface area contributed by atoms with E-state index in [4.69, 9.17) is 11.6 Å². The topological polar surface area (TPSA) is 87.8 Å². The minimum atomic E-state index is -0.617. The summed E-state index contributed by atoms with van der Waals surface area (Å²) >= 11 is 6.97. The van der Waals surface area contributed by atoms with Crippen LogP contribution in [0.5, 0.6) is 0 Å². The quantitative estimate of drug-likeness (QED) is 0.509. The number of aromatic nitrogens is 2. The van der Waals surface area contributed by atoms with Crippen LogP contribution >= 0.6 is 22.9 Å². The second-order valence-corrected chi connectivity index (χ2v) is 8.09. The van der Waals surface area contributed by atoms with Crippen LogP contribution < -0.4 is 20.1 Å². The molecule has 2 heterocycles. The van der Waals surface area contributed by atoms with Gasteiger partial charge in [0.15, 0.2) is 5.57 Å². The van der Waals surface area contributed by atoms with Crippen molar-refractivity contribution in [1.82, 2.24) is 9.55 Å². The molecule has 0 saturated heterocycles. The first-order chi connectivity index (χ1) is 15.6. The number of amides is 1. The van der Waals surface area contributed by atoms with Crippen molar-refractivity contribution in [2.45, 2.75) is 0 Å². The Kier molecular flexibility index (Phi) is 6.26. The minimum Gasteiger partial charge on any atom is -0.321 e. The third kappa shape index (κ3) is 4.52. The predicted octanol–water partition coefficient (Wildman–Crippen LogP) is 3.09. The van der Waals surface area contributed by atoms with Gasteiger partial charge in [-0.25, -0.2) is 0 Å². The zero-order valence-electron chi connectivity index (χ0n) is 16.5. The molecule has 0 saturated carbocycles. The molecule has 0 fully saturated rings. The lowest BCUT2D eigenvalue weighted by Gasteiger charge is -2.06. The summed E-state index contributed by atoms with van der Waals surface area (Å²) in [5.41, 5.74) is 1.28. The summed E-state index contributed by atoms with van der Waals surface area (Å²) < 4.78 is 2.00. The number of rotatable bonds is 4. The van der Waals surface area contributed by atoms with Crippen molar-refractivity contribution in [2.75, 3.05) is 5.32 Å². The van der Waals surface area contributed by atoms with Crippen LogP contribution in [0.15, 0.2) is 83.9 Å². The maximum absolute atomic E-state index is 13.3. The molecule has 1 amide bonds. The molecular formula is C24H15ClN4O2S. The number of nitrogens with one attached hydrogen (secondary N) is 1. The van der Waals surface area contributed by atoms with Gasteiger partial charge in [-0.15, -0.1) is 11.3 Å². The Balaban J connectivity index is 1.94. The molecule has 0 aliphatic carbocycles. The lowest BCUT2D eigenvalue weighted by molar-refractivity contribution is -0.111. The standard InChI is InChI=1S/C24H15ClN4O2S/c25-17-8-10-18(11-9-17)28-22(30)20(14-26)24-29(19-6-2-1-3-7-19)23(31)21(32-24)13-16-5-4-12-27-15-16/h1-13,15H,(H,28,30)/b21-13+,24-20-. The molecule has 0 aliphatic heterocycles. The van der Waals surface area contributed by atoms with Gasteiger partial charge in [0, 0.05) is 23.1 Å². The average Bonchev–Trinajstić information content (AvgIpc) is 3.12. The summed E-state index contributed by atoms with van der Waals surface area (Å²) in [6.45, 7) is 0. The highest BCUT2D eigenvalue weighted by Crippen LogP contribution is 2.14. The second-order valence-electron chi connectivity index (χ2n) is 6.63. The lowest BCUT2D eigenvalue weighted by atomic mass is 10.2. The van der Waals surface area contributed by atoms with E-state index < -0.39 is 5.91 Å². The zero-order valence-corrected chi connectivity index (χ0v) is 18.1. The van der Waals surface area contributed by atoms with Crippen molar-refractivity contribution < 1.29 is 4.79 Å². The minimum absolute atomic E-state index is 0.170. The first kappa shape index (κ1) is 21.2. The number of anilines is 1. The molecule has 8 heteroatoms. The van der Waals surface area contributed by atoms with E-state index in [-0.39, 0.29) is 15.8 Å². The van der Waals surface area contributed by atoms with Gasteiger partial charge in [0.1, 0.15) is 10.7 Å². The van der Waals surface area contributed by atoms with E-state index in [1.165, 1.54) is 4.57 Å². The number of hydrogen-bond donors (Lipinski definition) is 1. The molecule has 32 heavy (non-hydrogen) atoms. The molecule has 0 bridgehead atoms. The number of hydrogen-bond acceptors (Lipinski definition) is 5. The molecule has 4 aromatic rings. The fraction of sp³-hybridized carbons (Fsp3) is 0. The number of thiazole rings is 1. The number of carbonyl (C=O) groups excluding carboxylic acids is 1. The van der Waals surface area contributed by atoms with E-state index >= 15 is 0 Å². The molecule has 0 aliphatic rings. The van der Waals surface area contributed by atoms with E-state index in [0.29, 0.717) is 20.9 Å². The van der Waals surface area contributed by atoms with Gasteiger partial charge in [-0.05, 0) is 54.1 Å². The van der Waals surface area contributed by atoms with Gasteiger partial charge in [-0.3, -0.25) is 19.1 Å². The fourth-order valence-electron chi connectivity index (χ4n) is 3.00. The third-order valence-corrected chi connectivity index (χ3v) is 5.82. The van der Waals surface area contributed by atoms with Crippen LogP contribution in [0.25, 0.3) is 17.3 Å². The van der Waals surface area contributed by atoms with Crippen molar-refractivity contribution in [3.05, 3.63) is 109 Å². The van der Waals surface area contributed by atoms with Crippen molar-refractivity contribution >= 4 is 46.2 Å². The van der Waals surface area contributed by atoms with E-state index in [9.17, 15) is 14.9 Å². The highest BCUT2D eigenvalue weighted by molar-refractivity contribution is 7.07. The molecular weight excluding hydrogens is 444 g/mol. The third-order valence-electron chi connectivity index (χ3n) is 4.47. The van der Waals surface area contributed by atoms with Gasteiger partial charge in [0.05, 0.1) is 10.2 Å². The Morgan fingerprint density at radius 1 is 1.09 bits per heavy atom. The SMILES string of the molecule is N#C/C(C(=O)Nc1ccc(Cl)cc1)=c1/s/c(=C/c2cccnc2)c(=O)n1-c1ccccc1. The second kappa shape index (κ2) is 9.43. The average molecular weight is 459 g/mol. The van der Waals surface area contributed by atoms with Crippen LogP contribution in [0.4, 0.5) is 5.69 Å². The summed E-state index contributed by atoms with van der Waals surface area (Å²) in [5, 5.41) is 13.1. The Bertz CT molecular complexity index is 1490. The Labute approximate surface area is 192 Å². The van der Waals surface area contributed by atoms with Crippen molar-refractivity contribution in [1.29, 1.82) is 5.26 Å². The molecule has 4 rings (SSSR count). The maximum atomic E-state index is 13.3. The molecule has 6 nitrogen and oxygen atoms in total. The van der Waals surface area contributed by atoms with E-state index in [1.807, 2.05) is 18.2 Å². The highest BCUT2D eigenvalue weighted by atomic mass is 35.5. The van der Waals surface area contributed by atoms with Crippen molar-refractivity contribution in [2.24, 2.45) is 0 Å². The number of para-hydroxylation sites is 1. The first-order valence-electron chi connectivity index (χ1n) is 9.47. The molecule has 0 atom stereocenters. The summed E-state index contributed by atoms with van der Waals surface area (Å²) in [5.74, 6) is -0.617. The maximum Gasteiger partial charge on any atom is 0.273 e. The van der Waals surface area contributed by atoms with Crippen LogP contribution in [0.1, 0.15) is 5.56 Å². The van der Waals surface area contributed by atoms with Crippen LogP contribution in [0, 0.1) is 11.3 Å². The first-order valence-corrected chi connectivity index (χ1v) is 10.7. The summed E-state index contributed by atoms with van der Waals surface area (Å²) in [6.07, 6.45) is 4.96. The fourth-order valence-corrected chi connectivity index (χ4v) is 4.22. The van der Waals surface area contributed by atoms with Gasteiger partial charge >= 0.3 is 0 Å². The van der Waals surface area contributed by atoms with E-state index in [1.54, 1.807) is 73.1 Å². The largest absolute Gasteiger partial charge is 0.321 e. The van der Waals surface area contributed by atoms with Crippen LogP contribution in [-0.4, -0.2) is 15.5 Å². The number of nitriles is 1. The molecule has 156 valence electrons. The Morgan fingerprint density at radius 2 is 1.84 bits per heavy atom. The number of pyridine rings is 1.